The molecular formula is C8H6ClNS. The van der Waals surface area contributed by atoms with Gasteiger partial charge in [-0.1, -0.05) is 17.7 Å². The molecule has 0 aliphatic carbocycles. The zero-order valence-electron chi connectivity index (χ0n) is 5.97. The van der Waals surface area contributed by atoms with Gasteiger partial charge in [0.25, 0.3) is 0 Å². The second kappa shape index (κ2) is 3.66. The molecule has 0 fully saturated rings. The molecule has 56 valence electrons. The lowest BCUT2D eigenvalue weighted by molar-refractivity contribution is 1.49. The Morgan fingerprint density at radius 1 is 1.55 bits per heavy atom. The van der Waals surface area contributed by atoms with Crippen molar-refractivity contribution in [2.45, 2.75) is 4.90 Å². The fourth-order valence-electron chi connectivity index (χ4n) is 0.751. The summed E-state index contributed by atoms with van der Waals surface area (Å²) in [7, 11) is 0. The molecule has 0 atom stereocenters. The van der Waals surface area contributed by atoms with Crippen molar-refractivity contribution in [3.05, 3.63) is 34.6 Å². The Kier molecular flexibility index (Phi) is 2.81. The van der Waals surface area contributed by atoms with E-state index in [4.69, 9.17) is 18.2 Å². The Morgan fingerprint density at radius 3 is 2.82 bits per heavy atom. The molecule has 11 heavy (non-hydrogen) atoms. The van der Waals surface area contributed by atoms with Crippen molar-refractivity contribution >= 4 is 29.1 Å². The van der Waals surface area contributed by atoms with Crippen LogP contribution in [-0.4, -0.2) is 6.26 Å². The van der Waals surface area contributed by atoms with Gasteiger partial charge in [0.15, 0.2) is 0 Å². The maximum absolute atomic E-state index is 6.84. The molecule has 0 aliphatic heterocycles. The summed E-state index contributed by atoms with van der Waals surface area (Å²) >= 11 is 7.26. The Balaban J connectivity index is 3.19. The lowest BCUT2D eigenvalue weighted by Crippen LogP contribution is -1.69. The molecule has 0 radical (unpaired) electrons. The van der Waals surface area contributed by atoms with E-state index in [1.54, 1.807) is 23.9 Å². The Hall–Kier alpha value is -0.650. The molecule has 3 heteroatoms. The van der Waals surface area contributed by atoms with Crippen LogP contribution in [0.2, 0.25) is 5.02 Å². The molecule has 0 saturated heterocycles. The van der Waals surface area contributed by atoms with Crippen molar-refractivity contribution in [1.29, 1.82) is 0 Å². The van der Waals surface area contributed by atoms with Gasteiger partial charge >= 0.3 is 0 Å². The number of hydrogen-bond donors (Lipinski definition) is 0. The van der Waals surface area contributed by atoms with Gasteiger partial charge in [-0.3, -0.25) is 0 Å². The predicted octanol–water partition coefficient (Wildman–Crippen LogP) is 3.61. The van der Waals surface area contributed by atoms with E-state index in [9.17, 15) is 0 Å². The average molecular weight is 184 g/mol. The fourth-order valence-corrected chi connectivity index (χ4v) is 1.43. The first-order valence-corrected chi connectivity index (χ1v) is 4.59. The van der Waals surface area contributed by atoms with E-state index in [-0.39, 0.29) is 0 Å². The number of hydrogen-bond acceptors (Lipinski definition) is 1. The summed E-state index contributed by atoms with van der Waals surface area (Å²) in [6, 6.07) is 5.34. The van der Waals surface area contributed by atoms with Crippen LogP contribution in [0.4, 0.5) is 5.69 Å². The summed E-state index contributed by atoms with van der Waals surface area (Å²) in [5.41, 5.74) is 0.630. The number of thioether (sulfide) groups is 1. The highest BCUT2D eigenvalue weighted by molar-refractivity contribution is 7.98. The molecule has 0 heterocycles. The second-order valence-corrected chi connectivity index (χ2v) is 3.21. The lowest BCUT2D eigenvalue weighted by atomic mass is 10.3. The highest BCUT2D eigenvalue weighted by Crippen LogP contribution is 2.30. The molecule has 1 rings (SSSR count). The summed E-state index contributed by atoms with van der Waals surface area (Å²) in [5, 5.41) is 0.619. The minimum absolute atomic E-state index is 0.619. The van der Waals surface area contributed by atoms with Gasteiger partial charge in [-0.15, -0.1) is 11.8 Å². The number of nitrogens with zero attached hydrogens (tertiary/aromatic N) is 1. The summed E-state index contributed by atoms with van der Waals surface area (Å²) in [6.45, 7) is 6.84. The largest absolute Gasteiger partial charge is 0.237 e. The molecular weight excluding hydrogens is 178 g/mol. The fraction of sp³-hybridized carbons (Fsp3) is 0.125. The second-order valence-electron chi connectivity index (χ2n) is 1.93. The number of halogens is 1. The van der Waals surface area contributed by atoms with Crippen LogP contribution < -0.4 is 0 Å². The monoisotopic (exact) mass is 183 g/mol. The molecule has 1 nitrogen and oxygen atoms in total. The van der Waals surface area contributed by atoms with Crippen LogP contribution in [0.25, 0.3) is 4.85 Å². The molecule has 0 bridgehead atoms. The van der Waals surface area contributed by atoms with E-state index < -0.39 is 0 Å². The van der Waals surface area contributed by atoms with Gasteiger partial charge < -0.3 is 0 Å². The molecule has 0 aromatic heterocycles. The Labute approximate surface area is 75.2 Å². The molecule has 0 amide bonds. The van der Waals surface area contributed by atoms with Gasteiger partial charge in [-0.25, -0.2) is 4.85 Å². The van der Waals surface area contributed by atoms with Gasteiger partial charge in [0.2, 0.25) is 5.69 Å². The van der Waals surface area contributed by atoms with Crippen molar-refractivity contribution in [3.63, 3.8) is 0 Å². The van der Waals surface area contributed by atoms with Crippen LogP contribution >= 0.6 is 23.4 Å². The minimum atomic E-state index is 0.619. The van der Waals surface area contributed by atoms with E-state index in [0.717, 1.165) is 4.90 Å². The topological polar surface area (TPSA) is 4.36 Å². The molecule has 1 aromatic rings. The van der Waals surface area contributed by atoms with E-state index in [1.165, 1.54) is 0 Å². The Bertz CT molecular complexity index is 303. The van der Waals surface area contributed by atoms with Gasteiger partial charge in [0.1, 0.15) is 0 Å². The third-order valence-electron chi connectivity index (χ3n) is 1.26. The van der Waals surface area contributed by atoms with Crippen molar-refractivity contribution in [1.82, 2.24) is 0 Å². The van der Waals surface area contributed by atoms with Crippen LogP contribution in [0.3, 0.4) is 0 Å². The maximum atomic E-state index is 6.84. The van der Waals surface area contributed by atoms with E-state index in [0.29, 0.717) is 10.7 Å². The molecule has 0 saturated carbocycles. The van der Waals surface area contributed by atoms with E-state index in [1.807, 2.05) is 12.3 Å². The summed E-state index contributed by atoms with van der Waals surface area (Å²) in [5.74, 6) is 0. The highest BCUT2D eigenvalue weighted by atomic mass is 35.5. The quantitative estimate of drug-likeness (QED) is 0.476. The van der Waals surface area contributed by atoms with Crippen molar-refractivity contribution in [3.8, 4) is 0 Å². The molecule has 0 spiro atoms. The van der Waals surface area contributed by atoms with Gasteiger partial charge in [-0.2, -0.15) is 0 Å². The van der Waals surface area contributed by atoms with Crippen molar-refractivity contribution in [2.24, 2.45) is 0 Å². The SMILES string of the molecule is [C-]#[N+]c1cc(Cl)ccc1SC. The van der Waals surface area contributed by atoms with Crippen LogP contribution in [0.1, 0.15) is 0 Å². The molecule has 0 N–H and O–H groups in total. The summed E-state index contributed by atoms with van der Waals surface area (Å²) in [6.07, 6.45) is 1.94. The molecule has 0 aliphatic rings. The average Bonchev–Trinajstić information content (AvgIpc) is 2.04. The van der Waals surface area contributed by atoms with Crippen molar-refractivity contribution < 1.29 is 0 Å². The maximum Gasteiger partial charge on any atom is 0.201 e. The minimum Gasteiger partial charge on any atom is -0.237 e. The van der Waals surface area contributed by atoms with Crippen molar-refractivity contribution in [2.75, 3.05) is 6.26 Å². The van der Waals surface area contributed by atoms with Gasteiger partial charge in [0.05, 0.1) is 6.57 Å². The first kappa shape index (κ1) is 8.45. The van der Waals surface area contributed by atoms with Gasteiger partial charge in [0, 0.05) is 9.92 Å². The van der Waals surface area contributed by atoms with Crippen LogP contribution in [0.5, 0.6) is 0 Å². The molecule has 1 aromatic carbocycles. The summed E-state index contributed by atoms with van der Waals surface area (Å²) in [4.78, 5) is 4.32. The van der Waals surface area contributed by atoms with Gasteiger partial charge in [-0.05, 0) is 18.4 Å². The summed E-state index contributed by atoms with van der Waals surface area (Å²) < 4.78 is 0. The zero-order chi connectivity index (χ0) is 8.27. The zero-order valence-corrected chi connectivity index (χ0v) is 7.54. The van der Waals surface area contributed by atoms with Crippen LogP contribution in [0, 0.1) is 6.57 Å². The predicted molar refractivity (Wildman–Crippen MR) is 49.5 cm³/mol. The third kappa shape index (κ3) is 1.89. The lowest BCUT2D eigenvalue weighted by Gasteiger charge is -1.98. The normalized spacial score (nSPS) is 9.18. The Morgan fingerprint density at radius 2 is 2.27 bits per heavy atom. The standard InChI is InChI=1S/C8H6ClNS/c1-10-7-5-6(9)3-4-8(7)11-2/h3-5H,2H3. The van der Waals surface area contributed by atoms with E-state index >= 15 is 0 Å². The van der Waals surface area contributed by atoms with E-state index in [2.05, 4.69) is 4.85 Å². The third-order valence-corrected chi connectivity index (χ3v) is 2.28. The first-order valence-electron chi connectivity index (χ1n) is 2.99. The smallest absolute Gasteiger partial charge is 0.201 e. The molecule has 0 unspecified atom stereocenters. The van der Waals surface area contributed by atoms with Crippen LogP contribution in [-0.2, 0) is 0 Å². The number of benzene rings is 1. The number of rotatable bonds is 1. The van der Waals surface area contributed by atoms with Crippen LogP contribution in [0.15, 0.2) is 23.1 Å². The highest BCUT2D eigenvalue weighted by Gasteiger charge is 2.00. The first-order chi connectivity index (χ1) is 5.27.